The first-order valence-electron chi connectivity index (χ1n) is 7.04. The second-order valence-electron chi connectivity index (χ2n) is 5.44. The monoisotopic (exact) mass is 330 g/mol. The zero-order valence-corrected chi connectivity index (χ0v) is 13.0. The van der Waals surface area contributed by atoms with Crippen LogP contribution in [0, 0.1) is 0 Å². The first-order chi connectivity index (χ1) is 9.74. The van der Waals surface area contributed by atoms with Crippen LogP contribution >= 0.6 is 15.9 Å². The molecule has 3 rings (SSSR count). The number of nitrogens with zero attached hydrogens (tertiary/aromatic N) is 1. The number of rotatable bonds is 3. The Hall–Kier alpha value is -1.32. The lowest BCUT2D eigenvalue weighted by Crippen LogP contribution is -2.20. The topological polar surface area (TPSA) is 29.3 Å². The molecule has 1 fully saturated rings. The van der Waals surface area contributed by atoms with Crippen molar-refractivity contribution in [3.8, 4) is 0 Å². The molecular weight excluding hydrogens is 312 g/mol. The maximum atomic E-state index is 6.09. The van der Waals surface area contributed by atoms with Crippen LogP contribution in [0.15, 0.2) is 53.0 Å². The molecule has 1 heterocycles. The summed E-state index contributed by atoms with van der Waals surface area (Å²) in [6.45, 7) is 3.18. The number of nitrogen functional groups attached to an aromatic ring is 1. The molecule has 2 N–H and O–H groups in total. The first-order valence-corrected chi connectivity index (χ1v) is 7.83. The van der Waals surface area contributed by atoms with Crippen LogP contribution < -0.4 is 5.73 Å². The molecule has 0 radical (unpaired) electrons. The SMILES string of the molecule is Nc1cccc(Br)c1CN1CCC(c2ccccc2)C1. The van der Waals surface area contributed by atoms with Gasteiger partial charge in [-0.2, -0.15) is 0 Å². The van der Waals surface area contributed by atoms with Crippen molar-refractivity contribution in [3.63, 3.8) is 0 Å². The summed E-state index contributed by atoms with van der Waals surface area (Å²) in [5.74, 6) is 0.653. The van der Waals surface area contributed by atoms with Gasteiger partial charge in [0.2, 0.25) is 0 Å². The maximum Gasteiger partial charge on any atom is 0.0371 e. The highest BCUT2D eigenvalue weighted by Crippen LogP contribution is 2.30. The Balaban J connectivity index is 1.69. The highest BCUT2D eigenvalue weighted by Gasteiger charge is 2.24. The molecule has 1 saturated heterocycles. The van der Waals surface area contributed by atoms with Crippen LogP contribution in [0.4, 0.5) is 5.69 Å². The fourth-order valence-corrected chi connectivity index (χ4v) is 3.45. The smallest absolute Gasteiger partial charge is 0.0371 e. The van der Waals surface area contributed by atoms with Crippen molar-refractivity contribution in [2.75, 3.05) is 18.8 Å². The number of benzene rings is 2. The minimum Gasteiger partial charge on any atom is -0.398 e. The predicted molar refractivity (Wildman–Crippen MR) is 87.6 cm³/mol. The maximum absolute atomic E-state index is 6.09. The largest absolute Gasteiger partial charge is 0.398 e. The van der Waals surface area contributed by atoms with Crippen LogP contribution in [-0.4, -0.2) is 18.0 Å². The average molecular weight is 331 g/mol. The summed E-state index contributed by atoms with van der Waals surface area (Å²) < 4.78 is 1.11. The van der Waals surface area contributed by atoms with E-state index in [4.69, 9.17) is 5.73 Å². The molecule has 2 aromatic rings. The van der Waals surface area contributed by atoms with Crippen LogP contribution in [0.25, 0.3) is 0 Å². The number of anilines is 1. The lowest BCUT2D eigenvalue weighted by atomic mass is 9.99. The molecule has 1 aliphatic rings. The lowest BCUT2D eigenvalue weighted by molar-refractivity contribution is 0.327. The molecule has 1 atom stereocenters. The van der Waals surface area contributed by atoms with E-state index in [-0.39, 0.29) is 0 Å². The number of nitrogens with two attached hydrogens (primary N) is 1. The fourth-order valence-electron chi connectivity index (χ4n) is 2.94. The van der Waals surface area contributed by atoms with Gasteiger partial charge in [0.05, 0.1) is 0 Å². The van der Waals surface area contributed by atoms with E-state index in [1.165, 1.54) is 17.5 Å². The molecule has 104 valence electrons. The summed E-state index contributed by atoms with van der Waals surface area (Å²) in [6.07, 6.45) is 1.23. The third-order valence-electron chi connectivity index (χ3n) is 4.08. The van der Waals surface area contributed by atoms with Crippen molar-refractivity contribution >= 4 is 21.6 Å². The predicted octanol–water partition coefficient (Wildman–Crippen LogP) is 4.02. The van der Waals surface area contributed by atoms with E-state index in [9.17, 15) is 0 Å². The van der Waals surface area contributed by atoms with E-state index >= 15 is 0 Å². The second kappa shape index (κ2) is 5.98. The Morgan fingerprint density at radius 3 is 2.65 bits per heavy atom. The highest BCUT2D eigenvalue weighted by atomic mass is 79.9. The zero-order chi connectivity index (χ0) is 13.9. The summed E-state index contributed by atoms with van der Waals surface area (Å²) in [6, 6.07) is 16.8. The summed E-state index contributed by atoms with van der Waals surface area (Å²) >= 11 is 3.61. The summed E-state index contributed by atoms with van der Waals surface area (Å²) in [5, 5.41) is 0. The molecule has 0 spiro atoms. The van der Waals surface area contributed by atoms with Crippen LogP contribution in [-0.2, 0) is 6.54 Å². The molecule has 20 heavy (non-hydrogen) atoms. The average Bonchev–Trinajstić information content (AvgIpc) is 2.93. The van der Waals surface area contributed by atoms with Gasteiger partial charge in [-0.3, -0.25) is 4.90 Å². The van der Waals surface area contributed by atoms with Gasteiger partial charge < -0.3 is 5.73 Å². The van der Waals surface area contributed by atoms with Gasteiger partial charge >= 0.3 is 0 Å². The zero-order valence-electron chi connectivity index (χ0n) is 11.4. The van der Waals surface area contributed by atoms with Crippen LogP contribution in [0.5, 0.6) is 0 Å². The van der Waals surface area contributed by atoms with E-state index in [1.54, 1.807) is 0 Å². The van der Waals surface area contributed by atoms with Crippen molar-refractivity contribution in [2.45, 2.75) is 18.9 Å². The van der Waals surface area contributed by atoms with Gasteiger partial charge in [0.15, 0.2) is 0 Å². The normalized spacial score (nSPS) is 19.4. The molecule has 3 heteroatoms. The quantitative estimate of drug-likeness (QED) is 0.861. The van der Waals surface area contributed by atoms with Gasteiger partial charge in [0.25, 0.3) is 0 Å². The van der Waals surface area contributed by atoms with E-state index in [0.29, 0.717) is 5.92 Å². The third kappa shape index (κ3) is 2.89. The van der Waals surface area contributed by atoms with Crippen molar-refractivity contribution in [1.82, 2.24) is 4.90 Å². The fraction of sp³-hybridized carbons (Fsp3) is 0.294. The molecule has 0 aromatic heterocycles. The summed E-state index contributed by atoms with van der Waals surface area (Å²) in [4.78, 5) is 2.49. The molecule has 0 aliphatic carbocycles. The molecular formula is C17H19BrN2. The molecule has 1 unspecified atom stereocenters. The number of likely N-dealkylation sites (tertiary alicyclic amines) is 1. The van der Waals surface area contributed by atoms with Crippen molar-refractivity contribution in [1.29, 1.82) is 0 Å². The Labute approximate surface area is 128 Å². The third-order valence-corrected chi connectivity index (χ3v) is 4.82. The van der Waals surface area contributed by atoms with Crippen molar-refractivity contribution in [3.05, 3.63) is 64.1 Å². The second-order valence-corrected chi connectivity index (χ2v) is 6.29. The van der Waals surface area contributed by atoms with Gasteiger partial charge in [-0.1, -0.05) is 52.3 Å². The standard InChI is InChI=1S/C17H19BrN2/c18-16-7-4-8-17(19)15(16)12-20-10-9-14(11-20)13-5-2-1-3-6-13/h1-8,14H,9-12,19H2. The minimum atomic E-state index is 0.653. The summed E-state index contributed by atoms with van der Waals surface area (Å²) in [5.41, 5.74) is 9.63. The Morgan fingerprint density at radius 1 is 1.10 bits per heavy atom. The van der Waals surface area contributed by atoms with Gasteiger partial charge in [0, 0.05) is 28.8 Å². The van der Waals surface area contributed by atoms with Crippen LogP contribution in [0.2, 0.25) is 0 Å². The van der Waals surface area contributed by atoms with Crippen LogP contribution in [0.3, 0.4) is 0 Å². The molecule has 0 amide bonds. The van der Waals surface area contributed by atoms with Crippen molar-refractivity contribution in [2.24, 2.45) is 0 Å². The van der Waals surface area contributed by atoms with Gasteiger partial charge in [-0.05, 0) is 36.6 Å². The number of hydrogen-bond acceptors (Lipinski definition) is 2. The Morgan fingerprint density at radius 2 is 1.90 bits per heavy atom. The Kier molecular flexibility index (Phi) is 4.08. The first kappa shape index (κ1) is 13.7. The van der Waals surface area contributed by atoms with Gasteiger partial charge in [-0.25, -0.2) is 0 Å². The molecule has 0 saturated carbocycles. The molecule has 2 aromatic carbocycles. The molecule has 0 bridgehead atoms. The summed E-state index contributed by atoms with van der Waals surface area (Å²) in [7, 11) is 0. The van der Waals surface area contributed by atoms with Crippen LogP contribution in [0.1, 0.15) is 23.5 Å². The number of halogens is 1. The van der Waals surface area contributed by atoms with Gasteiger partial charge in [0.1, 0.15) is 0 Å². The van der Waals surface area contributed by atoms with E-state index in [0.717, 1.165) is 29.8 Å². The van der Waals surface area contributed by atoms with E-state index in [2.05, 4.69) is 57.2 Å². The van der Waals surface area contributed by atoms with Crippen molar-refractivity contribution < 1.29 is 0 Å². The highest BCUT2D eigenvalue weighted by molar-refractivity contribution is 9.10. The Bertz CT molecular complexity index is 563. The molecule has 2 nitrogen and oxygen atoms in total. The number of hydrogen-bond donors (Lipinski definition) is 1. The minimum absolute atomic E-state index is 0.653. The molecule has 1 aliphatic heterocycles. The van der Waals surface area contributed by atoms with Gasteiger partial charge in [-0.15, -0.1) is 0 Å². The lowest BCUT2D eigenvalue weighted by Gasteiger charge is -2.18. The van der Waals surface area contributed by atoms with E-state index < -0.39 is 0 Å². The van der Waals surface area contributed by atoms with E-state index in [1.807, 2.05) is 12.1 Å².